The van der Waals surface area contributed by atoms with E-state index in [1.807, 2.05) is 25.2 Å². The third kappa shape index (κ3) is 3.96. The Morgan fingerprint density at radius 3 is 2.27 bits per heavy atom. The molecule has 0 radical (unpaired) electrons. The van der Waals surface area contributed by atoms with Gasteiger partial charge in [-0.3, -0.25) is 9.80 Å². The summed E-state index contributed by atoms with van der Waals surface area (Å²) in [6.45, 7) is 9.68. The van der Waals surface area contributed by atoms with Gasteiger partial charge in [0.25, 0.3) is 0 Å². The van der Waals surface area contributed by atoms with Crippen LogP contribution in [0.4, 0.5) is 0 Å². The van der Waals surface area contributed by atoms with E-state index in [0.717, 1.165) is 49.8 Å². The third-order valence-corrected chi connectivity index (χ3v) is 5.64. The monoisotopic (exact) mass is 375 g/mol. The van der Waals surface area contributed by atoms with Gasteiger partial charge in [0, 0.05) is 51.4 Å². The minimum atomic E-state index is 0.219. The SMILES string of the molecule is CNCC(c1c(Cl)nc(-c2ccccc2)n1C)N1CCN(C(C)C)CC1. The van der Waals surface area contributed by atoms with Gasteiger partial charge in [-0.25, -0.2) is 4.98 Å². The lowest BCUT2D eigenvalue weighted by Gasteiger charge is -2.41. The van der Waals surface area contributed by atoms with Crippen molar-refractivity contribution in [1.29, 1.82) is 0 Å². The van der Waals surface area contributed by atoms with Crippen LogP contribution in [0.2, 0.25) is 5.15 Å². The average Bonchev–Trinajstić information content (AvgIpc) is 2.95. The number of aromatic nitrogens is 2. The third-order valence-electron chi connectivity index (χ3n) is 5.36. The predicted octanol–water partition coefficient (Wildman–Crippen LogP) is 3.03. The molecule has 1 N–H and O–H groups in total. The van der Waals surface area contributed by atoms with Gasteiger partial charge >= 0.3 is 0 Å². The van der Waals surface area contributed by atoms with Crippen LogP contribution in [-0.2, 0) is 7.05 Å². The normalized spacial score (nSPS) is 17.8. The van der Waals surface area contributed by atoms with Crippen molar-refractivity contribution >= 4 is 11.6 Å². The molecule has 0 amide bonds. The van der Waals surface area contributed by atoms with E-state index in [2.05, 4.69) is 57.7 Å². The molecule has 0 aliphatic carbocycles. The number of hydrogen-bond acceptors (Lipinski definition) is 4. The lowest BCUT2D eigenvalue weighted by atomic mass is 10.1. The maximum atomic E-state index is 6.63. The van der Waals surface area contributed by atoms with Crippen LogP contribution in [0, 0.1) is 0 Å². The van der Waals surface area contributed by atoms with Gasteiger partial charge < -0.3 is 9.88 Å². The molecule has 1 saturated heterocycles. The Hall–Kier alpha value is -1.40. The molecule has 26 heavy (non-hydrogen) atoms. The van der Waals surface area contributed by atoms with Gasteiger partial charge in [-0.15, -0.1) is 0 Å². The molecule has 6 heteroatoms. The van der Waals surface area contributed by atoms with E-state index in [-0.39, 0.29) is 6.04 Å². The van der Waals surface area contributed by atoms with Gasteiger partial charge in [0.15, 0.2) is 5.15 Å². The number of halogens is 1. The number of benzene rings is 1. The van der Waals surface area contributed by atoms with Gasteiger partial charge in [-0.1, -0.05) is 41.9 Å². The summed E-state index contributed by atoms with van der Waals surface area (Å²) < 4.78 is 2.16. The molecule has 3 rings (SSSR count). The van der Waals surface area contributed by atoms with E-state index in [0.29, 0.717) is 11.2 Å². The fourth-order valence-corrected chi connectivity index (χ4v) is 4.17. The lowest BCUT2D eigenvalue weighted by Crippen LogP contribution is -2.51. The molecule has 2 heterocycles. The molecule has 142 valence electrons. The van der Waals surface area contributed by atoms with E-state index in [4.69, 9.17) is 11.6 Å². The van der Waals surface area contributed by atoms with Crippen LogP contribution in [0.5, 0.6) is 0 Å². The molecule has 0 saturated carbocycles. The number of hydrogen-bond donors (Lipinski definition) is 1. The molecule has 1 aromatic carbocycles. The predicted molar refractivity (Wildman–Crippen MR) is 109 cm³/mol. The Kier molecular flexibility index (Phi) is 6.35. The Morgan fingerprint density at radius 1 is 1.08 bits per heavy atom. The zero-order chi connectivity index (χ0) is 18.7. The summed E-state index contributed by atoms with van der Waals surface area (Å²) in [6.07, 6.45) is 0. The first-order valence-electron chi connectivity index (χ1n) is 9.43. The molecular formula is C20H30ClN5. The first kappa shape index (κ1) is 19.4. The number of nitrogens with one attached hydrogen (secondary N) is 1. The van der Waals surface area contributed by atoms with Gasteiger partial charge in [0.05, 0.1) is 11.7 Å². The van der Waals surface area contributed by atoms with E-state index in [1.165, 1.54) is 0 Å². The fourth-order valence-electron chi connectivity index (χ4n) is 3.84. The van der Waals surface area contributed by atoms with Crippen LogP contribution < -0.4 is 5.32 Å². The second-order valence-electron chi connectivity index (χ2n) is 7.28. The minimum Gasteiger partial charge on any atom is -0.328 e. The van der Waals surface area contributed by atoms with Crippen LogP contribution in [0.3, 0.4) is 0 Å². The van der Waals surface area contributed by atoms with Crippen molar-refractivity contribution in [2.45, 2.75) is 25.9 Å². The van der Waals surface area contributed by atoms with E-state index in [1.54, 1.807) is 0 Å². The van der Waals surface area contributed by atoms with E-state index >= 15 is 0 Å². The molecule has 1 fully saturated rings. The lowest BCUT2D eigenvalue weighted by molar-refractivity contribution is 0.0758. The Morgan fingerprint density at radius 2 is 1.69 bits per heavy atom. The number of piperazine rings is 1. The van der Waals surface area contributed by atoms with Crippen molar-refractivity contribution in [2.75, 3.05) is 39.8 Å². The van der Waals surface area contributed by atoms with Crippen molar-refractivity contribution < 1.29 is 0 Å². The van der Waals surface area contributed by atoms with Crippen molar-refractivity contribution in [1.82, 2.24) is 24.7 Å². The van der Waals surface area contributed by atoms with Crippen molar-refractivity contribution in [3.63, 3.8) is 0 Å². The van der Waals surface area contributed by atoms with Crippen molar-refractivity contribution in [3.05, 3.63) is 41.2 Å². The van der Waals surface area contributed by atoms with Gasteiger partial charge in [0.1, 0.15) is 5.82 Å². The number of imidazole rings is 1. The van der Waals surface area contributed by atoms with Crippen LogP contribution in [-0.4, -0.2) is 65.2 Å². The quantitative estimate of drug-likeness (QED) is 0.841. The number of likely N-dealkylation sites (N-methyl/N-ethyl adjacent to an activating group) is 1. The zero-order valence-electron chi connectivity index (χ0n) is 16.2. The highest BCUT2D eigenvalue weighted by Gasteiger charge is 2.30. The van der Waals surface area contributed by atoms with Crippen molar-refractivity contribution in [3.8, 4) is 11.4 Å². The highest BCUT2D eigenvalue weighted by molar-refractivity contribution is 6.30. The Labute approximate surface area is 162 Å². The second-order valence-corrected chi connectivity index (χ2v) is 7.63. The first-order valence-corrected chi connectivity index (χ1v) is 9.81. The molecule has 1 aliphatic heterocycles. The average molecular weight is 376 g/mol. The Bertz CT molecular complexity index is 704. The van der Waals surface area contributed by atoms with Gasteiger partial charge in [0.2, 0.25) is 0 Å². The van der Waals surface area contributed by atoms with Gasteiger partial charge in [-0.05, 0) is 20.9 Å². The van der Waals surface area contributed by atoms with Crippen LogP contribution in [0.15, 0.2) is 30.3 Å². The molecule has 2 aromatic rings. The standard InChI is InChI=1S/C20H30ClN5/c1-15(2)25-10-12-26(13-11-25)17(14-22-3)18-19(21)23-20(24(18)4)16-8-6-5-7-9-16/h5-9,15,17,22H,10-14H2,1-4H3. The zero-order valence-corrected chi connectivity index (χ0v) is 17.0. The molecule has 5 nitrogen and oxygen atoms in total. The van der Waals surface area contributed by atoms with E-state index < -0.39 is 0 Å². The maximum absolute atomic E-state index is 6.63. The van der Waals surface area contributed by atoms with Gasteiger partial charge in [-0.2, -0.15) is 0 Å². The minimum absolute atomic E-state index is 0.219. The van der Waals surface area contributed by atoms with E-state index in [9.17, 15) is 0 Å². The number of rotatable bonds is 6. The summed E-state index contributed by atoms with van der Waals surface area (Å²) in [7, 11) is 4.07. The molecule has 1 atom stereocenters. The molecule has 1 aliphatic rings. The summed E-state index contributed by atoms with van der Waals surface area (Å²) in [5.74, 6) is 0.924. The smallest absolute Gasteiger partial charge is 0.152 e. The molecular weight excluding hydrogens is 346 g/mol. The molecule has 0 bridgehead atoms. The molecule has 1 aromatic heterocycles. The Balaban J connectivity index is 1.88. The van der Waals surface area contributed by atoms with Crippen LogP contribution in [0.1, 0.15) is 25.6 Å². The first-order chi connectivity index (χ1) is 12.5. The maximum Gasteiger partial charge on any atom is 0.152 e. The summed E-state index contributed by atoms with van der Waals surface area (Å²) in [4.78, 5) is 9.75. The van der Waals surface area contributed by atoms with Crippen LogP contribution >= 0.6 is 11.6 Å². The summed E-state index contributed by atoms with van der Waals surface area (Å²) >= 11 is 6.63. The fraction of sp³-hybridized carbons (Fsp3) is 0.550. The molecule has 0 spiro atoms. The molecule has 1 unspecified atom stereocenters. The second kappa shape index (κ2) is 8.53. The summed E-state index contributed by atoms with van der Waals surface area (Å²) in [5.41, 5.74) is 2.19. The summed E-state index contributed by atoms with van der Waals surface area (Å²) in [6, 6.07) is 11.1. The highest BCUT2D eigenvalue weighted by atomic mass is 35.5. The summed E-state index contributed by atoms with van der Waals surface area (Å²) in [5, 5.41) is 3.96. The largest absolute Gasteiger partial charge is 0.328 e. The van der Waals surface area contributed by atoms with Crippen LogP contribution in [0.25, 0.3) is 11.4 Å². The highest BCUT2D eigenvalue weighted by Crippen LogP contribution is 2.32. The topological polar surface area (TPSA) is 36.3 Å². The van der Waals surface area contributed by atoms with Crippen molar-refractivity contribution in [2.24, 2.45) is 7.05 Å². The number of nitrogens with zero attached hydrogens (tertiary/aromatic N) is 4.